The number of rotatable bonds is 8. The number of carbonyl (C=O) groups is 1. The number of nitrogens with zero attached hydrogens (tertiary/aromatic N) is 2. The number of methoxy groups -OCH3 is 1. The molecule has 0 atom stereocenters. The molecular formula is C25H32N2O6S. The average molecular weight is 489 g/mol. The largest absolute Gasteiger partial charge is 0.497 e. The van der Waals surface area contributed by atoms with Gasteiger partial charge in [-0.15, -0.1) is 0 Å². The highest BCUT2D eigenvalue weighted by Gasteiger charge is 2.41. The maximum Gasteiger partial charge on any atom is 0.243 e. The maximum absolute atomic E-state index is 13.2. The summed E-state index contributed by atoms with van der Waals surface area (Å²) in [6, 6.07) is 15.9. The molecule has 2 aliphatic heterocycles. The minimum atomic E-state index is -3.63. The van der Waals surface area contributed by atoms with Crippen LogP contribution in [0.15, 0.2) is 59.5 Å². The zero-order valence-corrected chi connectivity index (χ0v) is 20.3. The predicted octanol–water partition coefficient (Wildman–Crippen LogP) is 2.79. The van der Waals surface area contributed by atoms with Crippen molar-refractivity contribution < 1.29 is 27.4 Å². The number of piperidine rings is 1. The van der Waals surface area contributed by atoms with E-state index < -0.39 is 15.4 Å². The van der Waals surface area contributed by atoms with Gasteiger partial charge < -0.3 is 19.1 Å². The molecule has 0 N–H and O–H groups in total. The smallest absolute Gasteiger partial charge is 0.243 e. The van der Waals surface area contributed by atoms with Gasteiger partial charge in [0.2, 0.25) is 15.9 Å². The van der Waals surface area contributed by atoms with Crippen molar-refractivity contribution in [2.75, 3.05) is 53.1 Å². The van der Waals surface area contributed by atoms with E-state index in [4.69, 9.17) is 14.2 Å². The van der Waals surface area contributed by atoms with Crippen LogP contribution in [0, 0.1) is 5.41 Å². The van der Waals surface area contributed by atoms with Gasteiger partial charge in [0.1, 0.15) is 11.5 Å². The lowest BCUT2D eigenvalue weighted by molar-refractivity contribution is -0.139. The summed E-state index contributed by atoms with van der Waals surface area (Å²) < 4.78 is 44.5. The molecule has 1 amide bonds. The number of hydrogen-bond donors (Lipinski definition) is 0. The van der Waals surface area contributed by atoms with E-state index in [1.807, 2.05) is 35.2 Å². The van der Waals surface area contributed by atoms with Gasteiger partial charge in [0.05, 0.1) is 31.8 Å². The van der Waals surface area contributed by atoms with Crippen molar-refractivity contribution in [3.8, 4) is 11.5 Å². The molecule has 4 rings (SSSR count). The standard InChI is InChI=1S/C25H32N2O6S/c1-31-21-7-9-23(10-8-21)34(29,30)27-13-11-25(12-14-27,20-33-22-5-3-2-4-6-22)19-24(28)26-15-17-32-18-16-26/h2-10H,11-20H2,1H3. The van der Waals surface area contributed by atoms with Gasteiger partial charge in [-0.2, -0.15) is 4.31 Å². The number of morpholine rings is 1. The molecule has 2 heterocycles. The van der Waals surface area contributed by atoms with E-state index in [0.717, 1.165) is 5.75 Å². The molecule has 2 fully saturated rings. The lowest BCUT2D eigenvalue weighted by Crippen LogP contribution is -2.49. The number of sulfonamides is 1. The Bertz CT molecular complexity index is 1040. The number of benzene rings is 2. The SMILES string of the molecule is COc1ccc(S(=O)(=O)N2CCC(COc3ccccc3)(CC(=O)N3CCOCC3)CC2)cc1. The van der Waals surface area contributed by atoms with Crippen LogP contribution in [0.25, 0.3) is 0 Å². The van der Waals surface area contributed by atoms with Crippen molar-refractivity contribution in [2.45, 2.75) is 24.2 Å². The number of amides is 1. The fourth-order valence-electron chi connectivity index (χ4n) is 4.47. The summed E-state index contributed by atoms with van der Waals surface area (Å²) in [5.41, 5.74) is -0.433. The highest BCUT2D eigenvalue weighted by atomic mass is 32.2. The van der Waals surface area contributed by atoms with Crippen molar-refractivity contribution >= 4 is 15.9 Å². The third-order valence-electron chi connectivity index (χ3n) is 6.66. The Hall–Kier alpha value is -2.62. The van der Waals surface area contributed by atoms with E-state index in [1.165, 1.54) is 4.31 Å². The summed E-state index contributed by atoms with van der Waals surface area (Å²) in [7, 11) is -2.08. The molecule has 0 saturated carbocycles. The summed E-state index contributed by atoms with van der Waals surface area (Å²) >= 11 is 0. The average Bonchev–Trinajstić information content (AvgIpc) is 2.89. The van der Waals surface area contributed by atoms with Crippen molar-refractivity contribution in [3.63, 3.8) is 0 Å². The number of ether oxygens (including phenoxy) is 3. The minimum absolute atomic E-state index is 0.0754. The molecule has 0 radical (unpaired) electrons. The Balaban J connectivity index is 1.47. The fraction of sp³-hybridized carbons (Fsp3) is 0.480. The summed E-state index contributed by atoms with van der Waals surface area (Å²) in [5, 5.41) is 0. The first-order valence-corrected chi connectivity index (χ1v) is 13.0. The molecule has 0 unspecified atom stereocenters. The van der Waals surface area contributed by atoms with Crippen molar-refractivity contribution in [1.29, 1.82) is 0 Å². The Morgan fingerprint density at radius 1 is 0.941 bits per heavy atom. The van der Waals surface area contributed by atoms with Crippen molar-refractivity contribution in [2.24, 2.45) is 5.41 Å². The molecule has 9 heteroatoms. The molecule has 0 spiro atoms. The summed E-state index contributed by atoms with van der Waals surface area (Å²) in [6.07, 6.45) is 1.42. The Kier molecular flexibility index (Phi) is 7.75. The van der Waals surface area contributed by atoms with E-state index in [2.05, 4.69) is 0 Å². The Morgan fingerprint density at radius 2 is 1.59 bits per heavy atom. The summed E-state index contributed by atoms with van der Waals surface area (Å²) in [5.74, 6) is 1.43. The normalized spacial score (nSPS) is 18.9. The van der Waals surface area contributed by atoms with Crippen LogP contribution in [0.3, 0.4) is 0 Å². The molecule has 34 heavy (non-hydrogen) atoms. The van der Waals surface area contributed by atoms with Crippen molar-refractivity contribution in [1.82, 2.24) is 9.21 Å². The van der Waals surface area contributed by atoms with Crippen LogP contribution in [0.4, 0.5) is 0 Å². The molecular weight excluding hydrogens is 456 g/mol. The highest BCUT2D eigenvalue weighted by molar-refractivity contribution is 7.89. The van der Waals surface area contributed by atoms with Crippen LogP contribution in [0.1, 0.15) is 19.3 Å². The van der Waals surface area contributed by atoms with Gasteiger partial charge in [0.15, 0.2) is 0 Å². The summed E-state index contributed by atoms with van der Waals surface area (Å²) in [4.78, 5) is 15.2. The van der Waals surface area contributed by atoms with E-state index >= 15 is 0 Å². The number of hydrogen-bond acceptors (Lipinski definition) is 6. The molecule has 2 aliphatic rings. The Labute approximate surface area is 201 Å². The first-order chi connectivity index (χ1) is 16.4. The minimum Gasteiger partial charge on any atom is -0.497 e. The van der Waals surface area contributed by atoms with Gasteiger partial charge in [0, 0.05) is 38.0 Å². The molecule has 0 aromatic heterocycles. The van der Waals surface area contributed by atoms with Gasteiger partial charge in [-0.1, -0.05) is 18.2 Å². The lowest BCUT2D eigenvalue weighted by atomic mass is 9.76. The van der Waals surface area contributed by atoms with Gasteiger partial charge in [-0.3, -0.25) is 4.79 Å². The van der Waals surface area contributed by atoms with Crippen LogP contribution < -0.4 is 9.47 Å². The first kappa shape index (κ1) is 24.5. The summed E-state index contributed by atoms with van der Waals surface area (Å²) in [6.45, 7) is 3.31. The van der Waals surface area contributed by atoms with Crippen molar-refractivity contribution in [3.05, 3.63) is 54.6 Å². The molecule has 0 bridgehead atoms. The molecule has 8 nitrogen and oxygen atoms in total. The quantitative estimate of drug-likeness (QED) is 0.568. The second-order valence-corrected chi connectivity index (χ2v) is 10.8. The predicted molar refractivity (Wildman–Crippen MR) is 127 cm³/mol. The Morgan fingerprint density at radius 3 is 2.21 bits per heavy atom. The zero-order valence-electron chi connectivity index (χ0n) is 19.5. The lowest BCUT2D eigenvalue weighted by Gasteiger charge is -2.41. The molecule has 0 aliphatic carbocycles. The van der Waals surface area contributed by atoms with Crippen LogP contribution >= 0.6 is 0 Å². The van der Waals surface area contributed by atoms with Gasteiger partial charge in [-0.25, -0.2) is 8.42 Å². The van der Waals surface area contributed by atoms with Gasteiger partial charge >= 0.3 is 0 Å². The van der Waals surface area contributed by atoms with Gasteiger partial charge in [-0.05, 0) is 49.2 Å². The third kappa shape index (κ3) is 5.71. The van der Waals surface area contributed by atoms with E-state index in [9.17, 15) is 13.2 Å². The second-order valence-electron chi connectivity index (χ2n) is 8.85. The molecule has 184 valence electrons. The van der Waals surface area contributed by atoms with E-state index in [-0.39, 0.29) is 10.8 Å². The zero-order chi connectivity index (χ0) is 24.0. The third-order valence-corrected chi connectivity index (χ3v) is 8.57. The fourth-order valence-corrected chi connectivity index (χ4v) is 5.91. The highest BCUT2D eigenvalue weighted by Crippen LogP contribution is 2.38. The van der Waals surface area contributed by atoms with E-state index in [1.54, 1.807) is 31.4 Å². The molecule has 2 aromatic rings. The van der Waals surface area contributed by atoms with Crippen LogP contribution in [-0.4, -0.2) is 76.6 Å². The van der Waals surface area contributed by atoms with Crippen LogP contribution in [0.2, 0.25) is 0 Å². The number of para-hydroxylation sites is 1. The monoisotopic (exact) mass is 488 g/mol. The topological polar surface area (TPSA) is 85.4 Å². The molecule has 2 aromatic carbocycles. The molecule has 2 saturated heterocycles. The van der Waals surface area contributed by atoms with Gasteiger partial charge in [0.25, 0.3) is 0 Å². The number of carbonyl (C=O) groups excluding carboxylic acids is 1. The maximum atomic E-state index is 13.2. The van der Waals surface area contributed by atoms with Crippen LogP contribution in [-0.2, 0) is 19.6 Å². The van der Waals surface area contributed by atoms with Crippen LogP contribution in [0.5, 0.6) is 11.5 Å². The second kappa shape index (κ2) is 10.8. The van der Waals surface area contributed by atoms with E-state index in [0.29, 0.717) is 71.0 Å². The first-order valence-electron chi connectivity index (χ1n) is 11.6.